The van der Waals surface area contributed by atoms with Gasteiger partial charge in [0.25, 0.3) is 5.91 Å². The molecule has 0 atom stereocenters. The smallest absolute Gasteiger partial charge is 0.251 e. The first-order valence-electron chi connectivity index (χ1n) is 11.1. The molecule has 30 heavy (non-hydrogen) atoms. The fourth-order valence-corrected chi connectivity index (χ4v) is 4.65. The summed E-state index contributed by atoms with van der Waals surface area (Å²) in [6.45, 7) is 5.90. The SMILES string of the molecule is CCn1ccnc1CN1CCC(Oc2ccc(C(=O)NC3CCCC3)cc2Cl)CC1. The second kappa shape index (κ2) is 9.84. The van der Waals surface area contributed by atoms with E-state index in [4.69, 9.17) is 16.3 Å². The molecule has 1 amide bonds. The van der Waals surface area contributed by atoms with Crippen LogP contribution < -0.4 is 10.1 Å². The molecule has 2 heterocycles. The molecular formula is C23H31ClN4O2. The van der Waals surface area contributed by atoms with Crippen LogP contribution >= 0.6 is 11.6 Å². The van der Waals surface area contributed by atoms with Crippen molar-refractivity contribution in [2.45, 2.75) is 70.7 Å². The minimum Gasteiger partial charge on any atom is -0.489 e. The van der Waals surface area contributed by atoms with E-state index < -0.39 is 0 Å². The zero-order valence-corrected chi connectivity index (χ0v) is 18.4. The molecule has 2 aromatic rings. The Bertz CT molecular complexity index is 855. The van der Waals surface area contributed by atoms with Crippen molar-refractivity contribution in [2.75, 3.05) is 13.1 Å². The topological polar surface area (TPSA) is 59.4 Å². The third kappa shape index (κ3) is 5.16. The van der Waals surface area contributed by atoms with E-state index in [1.807, 2.05) is 24.5 Å². The number of aryl methyl sites for hydroxylation is 1. The van der Waals surface area contributed by atoms with Crippen molar-refractivity contribution in [3.8, 4) is 5.75 Å². The van der Waals surface area contributed by atoms with E-state index in [1.54, 1.807) is 6.07 Å². The van der Waals surface area contributed by atoms with Crippen molar-refractivity contribution in [3.63, 3.8) is 0 Å². The Morgan fingerprint density at radius 3 is 2.70 bits per heavy atom. The molecule has 1 saturated heterocycles. The van der Waals surface area contributed by atoms with Gasteiger partial charge in [0.2, 0.25) is 0 Å². The van der Waals surface area contributed by atoms with Crippen molar-refractivity contribution in [1.29, 1.82) is 0 Å². The predicted octanol–water partition coefficient (Wildman–Crippen LogP) is 4.27. The van der Waals surface area contributed by atoms with Crippen molar-refractivity contribution in [2.24, 2.45) is 0 Å². The van der Waals surface area contributed by atoms with Crippen LogP contribution in [0, 0.1) is 0 Å². The molecule has 0 radical (unpaired) electrons. The van der Waals surface area contributed by atoms with Gasteiger partial charge >= 0.3 is 0 Å². The van der Waals surface area contributed by atoms with Gasteiger partial charge in [-0.2, -0.15) is 0 Å². The number of carbonyl (C=O) groups excluding carboxylic acids is 1. The Hall–Kier alpha value is -2.05. The summed E-state index contributed by atoms with van der Waals surface area (Å²) in [4.78, 5) is 19.3. The van der Waals surface area contributed by atoms with Gasteiger partial charge in [-0.25, -0.2) is 4.98 Å². The highest BCUT2D eigenvalue weighted by Gasteiger charge is 2.23. The lowest BCUT2D eigenvalue weighted by molar-refractivity contribution is 0.0934. The Morgan fingerprint density at radius 1 is 1.23 bits per heavy atom. The lowest BCUT2D eigenvalue weighted by atomic mass is 10.1. The van der Waals surface area contributed by atoms with Gasteiger partial charge in [0, 0.05) is 43.6 Å². The average molecular weight is 431 g/mol. The number of aromatic nitrogens is 2. The molecule has 1 N–H and O–H groups in total. The first kappa shape index (κ1) is 21.2. The largest absolute Gasteiger partial charge is 0.489 e. The maximum Gasteiger partial charge on any atom is 0.251 e. The van der Waals surface area contributed by atoms with Crippen LogP contribution in [0.2, 0.25) is 5.02 Å². The van der Waals surface area contributed by atoms with E-state index in [0.717, 1.165) is 57.7 Å². The molecule has 0 bridgehead atoms. The molecule has 4 rings (SSSR count). The average Bonchev–Trinajstić information content (AvgIpc) is 3.42. The zero-order chi connectivity index (χ0) is 20.9. The van der Waals surface area contributed by atoms with Crippen molar-refractivity contribution in [3.05, 3.63) is 47.0 Å². The molecule has 1 saturated carbocycles. The van der Waals surface area contributed by atoms with E-state index in [-0.39, 0.29) is 12.0 Å². The predicted molar refractivity (Wildman–Crippen MR) is 118 cm³/mol. The van der Waals surface area contributed by atoms with Crippen LogP contribution in [-0.2, 0) is 13.1 Å². The van der Waals surface area contributed by atoms with Crippen LogP contribution in [0.25, 0.3) is 0 Å². The monoisotopic (exact) mass is 430 g/mol. The summed E-state index contributed by atoms with van der Waals surface area (Å²) in [5.74, 6) is 1.73. The Kier molecular flexibility index (Phi) is 6.95. The van der Waals surface area contributed by atoms with Gasteiger partial charge in [-0.05, 0) is 50.8 Å². The number of nitrogens with one attached hydrogen (secondary N) is 1. The second-order valence-electron chi connectivity index (χ2n) is 8.32. The Labute approximate surface area is 183 Å². The fourth-order valence-electron chi connectivity index (χ4n) is 4.42. The number of rotatable bonds is 7. The summed E-state index contributed by atoms with van der Waals surface area (Å²) >= 11 is 6.44. The number of nitrogens with zero attached hydrogens (tertiary/aromatic N) is 3. The van der Waals surface area contributed by atoms with Crippen LogP contribution in [0.15, 0.2) is 30.6 Å². The third-order valence-electron chi connectivity index (χ3n) is 6.22. The Balaban J connectivity index is 1.28. The number of hydrogen-bond acceptors (Lipinski definition) is 4. The highest BCUT2D eigenvalue weighted by Crippen LogP contribution is 2.29. The third-order valence-corrected chi connectivity index (χ3v) is 6.52. The van der Waals surface area contributed by atoms with Gasteiger partial charge in [-0.1, -0.05) is 24.4 Å². The van der Waals surface area contributed by atoms with Gasteiger partial charge < -0.3 is 14.6 Å². The summed E-state index contributed by atoms with van der Waals surface area (Å²) in [7, 11) is 0. The van der Waals surface area contributed by atoms with Crippen LogP contribution in [-0.4, -0.2) is 45.6 Å². The van der Waals surface area contributed by atoms with Crippen molar-refractivity contribution >= 4 is 17.5 Å². The molecule has 1 aliphatic heterocycles. The number of piperidine rings is 1. The number of amides is 1. The summed E-state index contributed by atoms with van der Waals surface area (Å²) in [5, 5.41) is 3.60. The summed E-state index contributed by atoms with van der Waals surface area (Å²) in [6.07, 6.45) is 10.5. The lowest BCUT2D eigenvalue weighted by Gasteiger charge is -2.32. The molecule has 162 valence electrons. The summed E-state index contributed by atoms with van der Waals surface area (Å²) in [5.41, 5.74) is 0.598. The molecule has 1 aliphatic carbocycles. The first-order valence-corrected chi connectivity index (χ1v) is 11.5. The number of imidazole rings is 1. The van der Waals surface area contributed by atoms with E-state index in [1.165, 1.54) is 12.8 Å². The van der Waals surface area contributed by atoms with Gasteiger partial charge in [-0.3, -0.25) is 9.69 Å². The van der Waals surface area contributed by atoms with Gasteiger partial charge in [0.05, 0.1) is 11.6 Å². The zero-order valence-electron chi connectivity index (χ0n) is 17.6. The minimum absolute atomic E-state index is 0.0471. The van der Waals surface area contributed by atoms with Gasteiger partial charge in [0.1, 0.15) is 17.7 Å². The van der Waals surface area contributed by atoms with Crippen LogP contribution in [0.3, 0.4) is 0 Å². The maximum atomic E-state index is 12.4. The van der Waals surface area contributed by atoms with E-state index in [0.29, 0.717) is 22.4 Å². The Morgan fingerprint density at radius 2 is 2.00 bits per heavy atom. The number of hydrogen-bond donors (Lipinski definition) is 1. The second-order valence-corrected chi connectivity index (χ2v) is 8.73. The fraction of sp³-hybridized carbons (Fsp3) is 0.565. The highest BCUT2D eigenvalue weighted by atomic mass is 35.5. The molecule has 0 spiro atoms. The van der Waals surface area contributed by atoms with Crippen molar-refractivity contribution < 1.29 is 9.53 Å². The number of ether oxygens (including phenoxy) is 1. The first-order chi connectivity index (χ1) is 14.6. The highest BCUT2D eigenvalue weighted by molar-refractivity contribution is 6.32. The van der Waals surface area contributed by atoms with Crippen LogP contribution in [0.4, 0.5) is 0 Å². The van der Waals surface area contributed by atoms with Crippen LogP contribution in [0.5, 0.6) is 5.75 Å². The number of benzene rings is 1. The van der Waals surface area contributed by atoms with Gasteiger partial charge in [-0.15, -0.1) is 0 Å². The standard InChI is InChI=1S/C23H31ClN4O2/c1-2-28-14-11-25-22(28)16-27-12-9-19(10-13-27)30-21-8-7-17(15-20(21)24)23(29)26-18-5-3-4-6-18/h7-8,11,14-15,18-19H,2-6,9-10,12-13,16H2,1H3,(H,26,29). The molecular weight excluding hydrogens is 400 g/mol. The normalized spacial score (nSPS) is 18.6. The molecule has 0 unspecified atom stereocenters. The van der Waals surface area contributed by atoms with Crippen LogP contribution in [0.1, 0.15) is 61.6 Å². The molecule has 1 aromatic heterocycles. The minimum atomic E-state index is -0.0471. The van der Waals surface area contributed by atoms with E-state index in [9.17, 15) is 4.79 Å². The molecule has 2 fully saturated rings. The maximum absolute atomic E-state index is 12.4. The van der Waals surface area contributed by atoms with E-state index >= 15 is 0 Å². The number of likely N-dealkylation sites (tertiary alicyclic amines) is 1. The lowest BCUT2D eigenvalue weighted by Crippen LogP contribution is -2.38. The summed E-state index contributed by atoms with van der Waals surface area (Å²) < 4.78 is 8.36. The molecule has 1 aromatic carbocycles. The van der Waals surface area contributed by atoms with E-state index in [2.05, 4.69) is 26.7 Å². The number of carbonyl (C=O) groups is 1. The molecule has 2 aliphatic rings. The molecule has 6 nitrogen and oxygen atoms in total. The van der Waals surface area contributed by atoms with Crippen molar-refractivity contribution in [1.82, 2.24) is 19.8 Å². The quantitative estimate of drug-likeness (QED) is 0.712. The number of halogens is 1. The molecule has 7 heteroatoms. The van der Waals surface area contributed by atoms with Gasteiger partial charge in [0.15, 0.2) is 0 Å². The summed E-state index contributed by atoms with van der Waals surface area (Å²) in [6, 6.07) is 5.66.